The number of rotatable bonds is 2. The van der Waals surface area contributed by atoms with Crippen LogP contribution < -0.4 is 0 Å². The number of hydrogen-bond donors (Lipinski definition) is 1. The van der Waals surface area contributed by atoms with E-state index in [4.69, 9.17) is 0 Å². The van der Waals surface area contributed by atoms with Crippen molar-refractivity contribution in [3.63, 3.8) is 0 Å². The van der Waals surface area contributed by atoms with Gasteiger partial charge in [-0.3, -0.25) is 0 Å². The van der Waals surface area contributed by atoms with Crippen molar-refractivity contribution >= 4 is 33.1 Å². The predicted octanol–water partition coefficient (Wildman–Crippen LogP) is 2.67. The topological polar surface area (TPSA) is 32.9 Å². The van der Waals surface area contributed by atoms with Crippen LogP contribution in [0.15, 0.2) is 28.9 Å². The molecule has 2 nitrogen and oxygen atoms in total. The van der Waals surface area contributed by atoms with Crippen LogP contribution in [-0.4, -0.2) is 11.3 Å². The fourth-order valence-electron chi connectivity index (χ4n) is 1.42. The van der Waals surface area contributed by atoms with Crippen molar-refractivity contribution in [3.8, 4) is 0 Å². The molecule has 0 amide bonds. The summed E-state index contributed by atoms with van der Waals surface area (Å²) >= 11 is 3.39. The molecule has 0 saturated heterocycles. The first-order chi connectivity index (χ1) is 6.31. The smallest absolute Gasteiger partial charge is 0.124 e. The van der Waals surface area contributed by atoms with E-state index < -0.39 is 0 Å². The summed E-state index contributed by atoms with van der Waals surface area (Å²) < 4.78 is 1.04. The summed E-state index contributed by atoms with van der Waals surface area (Å²) in [5, 5.41) is 1.12. The van der Waals surface area contributed by atoms with Crippen molar-refractivity contribution in [3.05, 3.63) is 34.4 Å². The summed E-state index contributed by atoms with van der Waals surface area (Å²) in [6, 6.07) is 5.99. The van der Waals surface area contributed by atoms with Crippen LogP contribution in [0.1, 0.15) is 5.56 Å². The zero-order valence-corrected chi connectivity index (χ0v) is 8.47. The van der Waals surface area contributed by atoms with E-state index in [2.05, 4.69) is 20.9 Å². The monoisotopic (exact) mass is 237 g/mol. The van der Waals surface area contributed by atoms with Crippen LogP contribution in [0.5, 0.6) is 0 Å². The Hall–Kier alpha value is -1.09. The van der Waals surface area contributed by atoms with Gasteiger partial charge < -0.3 is 9.78 Å². The number of benzene rings is 1. The lowest BCUT2D eigenvalue weighted by Gasteiger charge is -1.93. The number of aldehydes is 1. The molecule has 13 heavy (non-hydrogen) atoms. The Morgan fingerprint density at radius 2 is 2.31 bits per heavy atom. The summed E-state index contributed by atoms with van der Waals surface area (Å²) in [6.45, 7) is 0. The largest absolute Gasteiger partial charge is 0.361 e. The van der Waals surface area contributed by atoms with Crippen LogP contribution in [0.3, 0.4) is 0 Å². The molecule has 0 bridgehead atoms. The standard InChI is InChI=1S/C10H8BrNO/c11-8-1-2-9-7(3-4-13)6-12-10(9)5-8/h1-2,4-6,12H,3H2. The van der Waals surface area contributed by atoms with E-state index in [9.17, 15) is 4.79 Å². The molecule has 0 unspecified atom stereocenters. The molecule has 0 aliphatic heterocycles. The molecule has 0 aliphatic carbocycles. The van der Waals surface area contributed by atoms with Crippen LogP contribution in [0.25, 0.3) is 10.9 Å². The number of halogens is 1. The van der Waals surface area contributed by atoms with Gasteiger partial charge >= 0.3 is 0 Å². The molecule has 1 heterocycles. The Balaban J connectivity index is 2.61. The number of H-pyrrole nitrogens is 1. The number of hydrogen-bond acceptors (Lipinski definition) is 1. The van der Waals surface area contributed by atoms with Crippen molar-refractivity contribution in [2.45, 2.75) is 6.42 Å². The molecule has 2 rings (SSSR count). The Bertz CT molecular complexity index is 447. The Morgan fingerprint density at radius 3 is 3.08 bits per heavy atom. The second-order valence-corrected chi connectivity index (χ2v) is 3.79. The first-order valence-electron chi connectivity index (χ1n) is 4.00. The maximum atomic E-state index is 10.4. The highest BCUT2D eigenvalue weighted by molar-refractivity contribution is 9.10. The third kappa shape index (κ3) is 1.52. The minimum Gasteiger partial charge on any atom is -0.361 e. The van der Waals surface area contributed by atoms with E-state index in [1.807, 2.05) is 24.4 Å². The average molecular weight is 238 g/mol. The van der Waals surface area contributed by atoms with Crippen LogP contribution in [0, 0.1) is 0 Å². The van der Waals surface area contributed by atoms with Crippen molar-refractivity contribution in [1.82, 2.24) is 4.98 Å². The SMILES string of the molecule is O=CCc1c[nH]c2cc(Br)ccc12. The molecular weight excluding hydrogens is 230 g/mol. The first-order valence-corrected chi connectivity index (χ1v) is 4.79. The van der Waals surface area contributed by atoms with E-state index in [1.54, 1.807) is 0 Å². The van der Waals surface area contributed by atoms with Gasteiger partial charge in [-0.1, -0.05) is 22.0 Å². The number of carbonyl (C=O) groups excluding carboxylic acids is 1. The van der Waals surface area contributed by atoms with E-state index in [-0.39, 0.29) is 0 Å². The molecule has 0 fully saturated rings. The first kappa shape index (κ1) is 8.51. The minimum atomic E-state index is 0.474. The summed E-state index contributed by atoms with van der Waals surface area (Å²) in [5.41, 5.74) is 2.11. The number of nitrogens with one attached hydrogen (secondary N) is 1. The summed E-state index contributed by atoms with van der Waals surface area (Å²) in [7, 11) is 0. The van der Waals surface area contributed by atoms with Gasteiger partial charge in [0.05, 0.1) is 0 Å². The minimum absolute atomic E-state index is 0.474. The third-order valence-corrected chi connectivity index (χ3v) is 2.53. The molecule has 0 spiro atoms. The second-order valence-electron chi connectivity index (χ2n) is 2.87. The molecule has 1 N–H and O–H groups in total. The number of carbonyl (C=O) groups is 1. The van der Waals surface area contributed by atoms with Gasteiger partial charge in [-0.15, -0.1) is 0 Å². The Morgan fingerprint density at radius 1 is 1.46 bits per heavy atom. The lowest BCUT2D eigenvalue weighted by molar-refractivity contribution is -0.107. The highest BCUT2D eigenvalue weighted by Crippen LogP contribution is 2.22. The van der Waals surface area contributed by atoms with Gasteiger partial charge in [-0.2, -0.15) is 0 Å². The van der Waals surface area contributed by atoms with Crippen molar-refractivity contribution in [1.29, 1.82) is 0 Å². The average Bonchev–Trinajstić information content (AvgIpc) is 2.49. The second kappa shape index (κ2) is 3.34. The predicted molar refractivity (Wildman–Crippen MR) is 55.8 cm³/mol. The highest BCUT2D eigenvalue weighted by atomic mass is 79.9. The van der Waals surface area contributed by atoms with Crippen molar-refractivity contribution in [2.75, 3.05) is 0 Å². The number of fused-ring (bicyclic) bond motifs is 1. The van der Waals surface area contributed by atoms with Crippen LogP contribution in [-0.2, 0) is 11.2 Å². The molecule has 0 aliphatic rings. The van der Waals surface area contributed by atoms with E-state index in [0.717, 1.165) is 27.2 Å². The maximum Gasteiger partial charge on any atom is 0.124 e. The van der Waals surface area contributed by atoms with Crippen molar-refractivity contribution in [2.24, 2.45) is 0 Å². The summed E-state index contributed by atoms with van der Waals surface area (Å²) in [5.74, 6) is 0. The fourth-order valence-corrected chi connectivity index (χ4v) is 1.78. The van der Waals surface area contributed by atoms with Crippen LogP contribution >= 0.6 is 15.9 Å². The molecule has 66 valence electrons. The van der Waals surface area contributed by atoms with E-state index >= 15 is 0 Å². The van der Waals surface area contributed by atoms with Gasteiger partial charge in [0.15, 0.2) is 0 Å². The third-order valence-electron chi connectivity index (χ3n) is 2.03. The molecular formula is C10H8BrNO. The van der Waals surface area contributed by atoms with Crippen LogP contribution in [0.2, 0.25) is 0 Å². The van der Waals surface area contributed by atoms with Gasteiger partial charge in [0.25, 0.3) is 0 Å². The lowest BCUT2D eigenvalue weighted by atomic mass is 10.1. The quantitative estimate of drug-likeness (QED) is 0.801. The Labute approximate surface area is 84.1 Å². The van der Waals surface area contributed by atoms with Gasteiger partial charge in [0.2, 0.25) is 0 Å². The molecule has 1 aromatic carbocycles. The van der Waals surface area contributed by atoms with Gasteiger partial charge in [-0.25, -0.2) is 0 Å². The fraction of sp³-hybridized carbons (Fsp3) is 0.100. The molecule has 3 heteroatoms. The van der Waals surface area contributed by atoms with Crippen LogP contribution in [0.4, 0.5) is 0 Å². The molecule has 2 aromatic rings. The molecule has 1 aromatic heterocycles. The molecule has 0 atom stereocenters. The number of aromatic nitrogens is 1. The molecule has 0 radical (unpaired) electrons. The number of aromatic amines is 1. The normalized spacial score (nSPS) is 10.5. The zero-order chi connectivity index (χ0) is 9.26. The zero-order valence-electron chi connectivity index (χ0n) is 6.88. The van der Waals surface area contributed by atoms with Crippen molar-refractivity contribution < 1.29 is 4.79 Å². The van der Waals surface area contributed by atoms with E-state index in [0.29, 0.717) is 6.42 Å². The van der Waals surface area contributed by atoms with Gasteiger partial charge in [0, 0.05) is 28.0 Å². The molecule has 0 saturated carbocycles. The summed E-state index contributed by atoms with van der Waals surface area (Å²) in [6.07, 6.45) is 3.28. The summed E-state index contributed by atoms with van der Waals surface area (Å²) in [4.78, 5) is 13.5. The Kier molecular flexibility index (Phi) is 2.19. The maximum absolute atomic E-state index is 10.4. The highest BCUT2D eigenvalue weighted by Gasteiger charge is 2.02. The van der Waals surface area contributed by atoms with Gasteiger partial charge in [-0.05, 0) is 17.7 Å². The van der Waals surface area contributed by atoms with Gasteiger partial charge in [0.1, 0.15) is 6.29 Å². The van der Waals surface area contributed by atoms with E-state index in [1.165, 1.54) is 0 Å². The lowest BCUT2D eigenvalue weighted by Crippen LogP contribution is -1.81.